The molecule has 0 saturated carbocycles. The molecule has 0 aliphatic heterocycles. The van der Waals surface area contributed by atoms with Gasteiger partial charge in [0.15, 0.2) is 0 Å². The molecule has 0 bridgehead atoms. The molecular weight excluding hydrogens is 399 g/mol. The summed E-state index contributed by atoms with van der Waals surface area (Å²) in [6.45, 7) is 0. The summed E-state index contributed by atoms with van der Waals surface area (Å²) in [5, 5.41) is 17.2. The fraction of sp³-hybridized carbons (Fsp3) is 0.0588. The monoisotopic (exact) mass is 411 g/mol. The van der Waals surface area contributed by atoms with Crippen molar-refractivity contribution in [3.8, 4) is 5.75 Å². The number of anilines is 1. The molecular formula is C17H12F3N3O4S. The number of hydrogen-bond donors (Lipinski definition) is 3. The van der Waals surface area contributed by atoms with Gasteiger partial charge in [-0.3, -0.25) is 4.55 Å². The van der Waals surface area contributed by atoms with Crippen molar-refractivity contribution in [1.82, 2.24) is 0 Å². The Morgan fingerprint density at radius 3 is 2.29 bits per heavy atom. The predicted molar refractivity (Wildman–Crippen MR) is 95.5 cm³/mol. The van der Waals surface area contributed by atoms with Gasteiger partial charge in [0, 0.05) is 5.39 Å². The van der Waals surface area contributed by atoms with Gasteiger partial charge in [-0.1, -0.05) is 18.2 Å². The van der Waals surface area contributed by atoms with Gasteiger partial charge in [-0.2, -0.15) is 21.6 Å². The van der Waals surface area contributed by atoms with Crippen molar-refractivity contribution >= 4 is 38.0 Å². The van der Waals surface area contributed by atoms with Crippen molar-refractivity contribution in [3.63, 3.8) is 0 Å². The third-order valence-corrected chi connectivity index (χ3v) is 4.78. The molecule has 0 unspecified atom stereocenters. The molecule has 4 N–H and O–H groups in total. The molecule has 0 aromatic heterocycles. The Hall–Kier alpha value is -3.18. The van der Waals surface area contributed by atoms with Gasteiger partial charge in [-0.25, -0.2) is 0 Å². The summed E-state index contributed by atoms with van der Waals surface area (Å²) in [5.74, 6) is -0.437. The minimum atomic E-state index is -4.67. The molecule has 7 nitrogen and oxygen atoms in total. The van der Waals surface area contributed by atoms with Crippen LogP contribution in [0.4, 0.5) is 30.2 Å². The van der Waals surface area contributed by atoms with E-state index in [2.05, 4.69) is 10.2 Å². The van der Waals surface area contributed by atoms with Gasteiger partial charge in [0.05, 0.1) is 22.3 Å². The number of phenolic OH excluding ortho intramolecular Hbond substituents is 1. The smallest absolute Gasteiger partial charge is 0.418 e. The summed E-state index contributed by atoms with van der Waals surface area (Å²) in [4.78, 5) is -0.521. The summed E-state index contributed by atoms with van der Waals surface area (Å²) < 4.78 is 71.7. The lowest BCUT2D eigenvalue weighted by Crippen LogP contribution is -2.04. The molecule has 11 heteroatoms. The Kier molecular flexibility index (Phi) is 4.73. The van der Waals surface area contributed by atoms with Crippen LogP contribution in [0, 0.1) is 0 Å². The zero-order valence-corrected chi connectivity index (χ0v) is 14.7. The molecule has 146 valence electrons. The van der Waals surface area contributed by atoms with Crippen LogP contribution in [0.2, 0.25) is 0 Å². The van der Waals surface area contributed by atoms with Crippen LogP contribution in [0.1, 0.15) is 5.56 Å². The van der Waals surface area contributed by atoms with Crippen LogP contribution >= 0.6 is 0 Å². The van der Waals surface area contributed by atoms with Crippen molar-refractivity contribution in [3.05, 3.63) is 54.1 Å². The van der Waals surface area contributed by atoms with Crippen LogP contribution in [-0.2, 0) is 16.3 Å². The molecule has 0 radical (unpaired) electrons. The summed E-state index contributed by atoms with van der Waals surface area (Å²) in [6.07, 6.45) is -4.67. The van der Waals surface area contributed by atoms with E-state index in [1.807, 2.05) is 0 Å². The van der Waals surface area contributed by atoms with Crippen molar-refractivity contribution in [2.24, 2.45) is 10.2 Å². The SMILES string of the molecule is Nc1ccc2c(S(=O)(=O)O)ccc(O)c2c1N=Nc1ccccc1C(F)(F)F. The first-order chi connectivity index (χ1) is 13.0. The lowest BCUT2D eigenvalue weighted by molar-refractivity contribution is -0.137. The first-order valence-corrected chi connectivity index (χ1v) is 9.04. The maximum Gasteiger partial charge on any atom is 0.418 e. The molecule has 0 heterocycles. The molecule has 0 amide bonds. The molecule has 3 aromatic carbocycles. The van der Waals surface area contributed by atoms with Crippen LogP contribution in [0.3, 0.4) is 0 Å². The number of rotatable bonds is 3. The highest BCUT2D eigenvalue weighted by Gasteiger charge is 2.33. The normalized spacial score (nSPS) is 12.7. The summed E-state index contributed by atoms with van der Waals surface area (Å²) in [7, 11) is -4.64. The van der Waals surface area contributed by atoms with E-state index in [0.29, 0.717) is 0 Å². The van der Waals surface area contributed by atoms with Crippen molar-refractivity contribution in [1.29, 1.82) is 0 Å². The predicted octanol–water partition coefficient (Wildman–Crippen LogP) is 4.81. The van der Waals surface area contributed by atoms with E-state index in [4.69, 9.17) is 5.73 Å². The minimum absolute atomic E-state index is 0.0662. The molecule has 0 aliphatic carbocycles. The fourth-order valence-corrected chi connectivity index (χ4v) is 3.32. The van der Waals surface area contributed by atoms with E-state index in [1.54, 1.807) is 0 Å². The highest BCUT2D eigenvalue weighted by molar-refractivity contribution is 7.86. The number of alkyl halides is 3. The molecule has 3 aromatic rings. The van der Waals surface area contributed by atoms with E-state index in [9.17, 15) is 31.2 Å². The standard InChI is InChI=1S/C17H12F3N3O4S/c18-17(19,20)10-3-1-2-4-12(10)22-23-16-11(21)6-5-9-14(28(25,26)27)8-7-13(24)15(9)16/h1-8,24H,21H2,(H,25,26,27). The minimum Gasteiger partial charge on any atom is -0.507 e. The topological polar surface area (TPSA) is 125 Å². The van der Waals surface area contributed by atoms with Crippen LogP contribution in [0.15, 0.2) is 63.7 Å². The van der Waals surface area contributed by atoms with Crippen molar-refractivity contribution in [2.45, 2.75) is 11.1 Å². The number of hydrogen-bond acceptors (Lipinski definition) is 6. The van der Waals surface area contributed by atoms with Gasteiger partial charge < -0.3 is 10.8 Å². The molecule has 0 fully saturated rings. The second-order valence-corrected chi connectivity index (χ2v) is 7.09. The van der Waals surface area contributed by atoms with E-state index in [-0.39, 0.29) is 22.1 Å². The Morgan fingerprint density at radius 2 is 1.64 bits per heavy atom. The van der Waals surface area contributed by atoms with E-state index in [1.165, 1.54) is 24.3 Å². The number of benzene rings is 3. The van der Waals surface area contributed by atoms with Crippen LogP contribution in [-0.4, -0.2) is 18.1 Å². The first kappa shape index (κ1) is 19.6. The van der Waals surface area contributed by atoms with Crippen LogP contribution in [0.5, 0.6) is 5.75 Å². The van der Waals surface area contributed by atoms with E-state index < -0.39 is 38.2 Å². The van der Waals surface area contributed by atoms with Crippen LogP contribution < -0.4 is 5.73 Å². The van der Waals surface area contributed by atoms with Gasteiger partial charge in [0.1, 0.15) is 16.3 Å². The summed E-state index contributed by atoms with van der Waals surface area (Å²) in [5.41, 5.74) is 3.98. The lowest BCUT2D eigenvalue weighted by Gasteiger charge is -2.11. The lowest BCUT2D eigenvalue weighted by atomic mass is 10.1. The van der Waals surface area contributed by atoms with Gasteiger partial charge in [-0.05, 0) is 30.3 Å². The van der Waals surface area contributed by atoms with Crippen LogP contribution in [0.25, 0.3) is 10.8 Å². The van der Waals surface area contributed by atoms with Gasteiger partial charge >= 0.3 is 6.18 Å². The number of fused-ring (bicyclic) bond motifs is 1. The molecule has 0 spiro atoms. The van der Waals surface area contributed by atoms with E-state index in [0.717, 1.165) is 24.3 Å². The molecule has 28 heavy (non-hydrogen) atoms. The van der Waals surface area contributed by atoms with Gasteiger partial charge in [0.25, 0.3) is 10.1 Å². The summed E-state index contributed by atoms with van der Waals surface area (Å²) in [6, 6.07) is 8.89. The number of halogens is 3. The second kappa shape index (κ2) is 6.77. The number of aromatic hydroxyl groups is 1. The fourth-order valence-electron chi connectivity index (χ4n) is 2.64. The molecule has 0 aliphatic rings. The highest BCUT2D eigenvalue weighted by Crippen LogP contribution is 2.42. The number of nitrogen functional groups attached to an aromatic ring is 1. The second-order valence-electron chi connectivity index (χ2n) is 5.70. The van der Waals surface area contributed by atoms with Gasteiger partial charge in [0.2, 0.25) is 0 Å². The molecule has 3 rings (SSSR count). The van der Waals surface area contributed by atoms with Crippen molar-refractivity contribution in [2.75, 3.05) is 5.73 Å². The maximum atomic E-state index is 13.1. The average Bonchev–Trinajstić information content (AvgIpc) is 2.59. The first-order valence-electron chi connectivity index (χ1n) is 7.60. The Balaban J connectivity index is 2.26. The third-order valence-electron chi connectivity index (χ3n) is 3.87. The van der Waals surface area contributed by atoms with Gasteiger partial charge in [-0.15, -0.1) is 10.2 Å². The highest BCUT2D eigenvalue weighted by atomic mass is 32.2. The number of nitrogens with two attached hydrogens (primary N) is 1. The molecule has 0 atom stereocenters. The zero-order chi connectivity index (χ0) is 20.7. The Labute approximate surface area is 156 Å². The van der Waals surface area contributed by atoms with E-state index >= 15 is 0 Å². The number of nitrogens with zero attached hydrogens (tertiary/aromatic N) is 2. The number of azo groups is 1. The maximum absolute atomic E-state index is 13.1. The Morgan fingerprint density at radius 1 is 0.964 bits per heavy atom. The Bertz CT molecular complexity index is 1210. The zero-order valence-electron chi connectivity index (χ0n) is 13.8. The molecule has 0 saturated heterocycles. The van der Waals surface area contributed by atoms with Crippen molar-refractivity contribution < 1.29 is 31.2 Å². The third kappa shape index (κ3) is 3.62. The average molecular weight is 411 g/mol. The largest absolute Gasteiger partial charge is 0.507 e. The summed E-state index contributed by atoms with van der Waals surface area (Å²) >= 11 is 0. The number of phenols is 1. The quantitative estimate of drug-likeness (QED) is 0.324.